The summed E-state index contributed by atoms with van der Waals surface area (Å²) in [6, 6.07) is 7.39. The first kappa shape index (κ1) is 16.4. The topological polar surface area (TPSA) is 47.6 Å². The summed E-state index contributed by atoms with van der Waals surface area (Å²) in [6.45, 7) is 2.57. The van der Waals surface area contributed by atoms with Gasteiger partial charge in [-0.3, -0.25) is 4.79 Å². The molecule has 0 radical (unpaired) electrons. The minimum absolute atomic E-state index is 0.0696. The first-order valence-corrected chi connectivity index (χ1v) is 8.00. The fraction of sp³-hybridized carbons (Fsp3) is 0.500. The second-order valence-electron chi connectivity index (χ2n) is 5.49. The van der Waals surface area contributed by atoms with Crippen LogP contribution in [0.5, 0.6) is 11.5 Å². The molecule has 0 saturated heterocycles. The number of hydrogen-bond acceptors (Lipinski definition) is 3. The van der Waals surface area contributed by atoms with E-state index in [0.717, 1.165) is 12.8 Å². The van der Waals surface area contributed by atoms with E-state index in [0.29, 0.717) is 24.5 Å². The number of nitrogens with one attached hydrogen (secondary N) is 1. The van der Waals surface area contributed by atoms with Crippen LogP contribution in [-0.4, -0.2) is 25.7 Å². The van der Waals surface area contributed by atoms with Gasteiger partial charge in [0, 0.05) is 6.54 Å². The van der Waals surface area contributed by atoms with Gasteiger partial charge in [0.15, 0.2) is 17.6 Å². The molecule has 0 heterocycles. The maximum absolute atomic E-state index is 12.3. The average Bonchev–Trinajstić information content (AvgIpc) is 2.58. The molecule has 120 valence electrons. The van der Waals surface area contributed by atoms with Crippen LogP contribution in [0.25, 0.3) is 0 Å². The van der Waals surface area contributed by atoms with E-state index >= 15 is 0 Å². The normalized spacial score (nSPS) is 15.6. The maximum Gasteiger partial charge on any atom is 0.261 e. The van der Waals surface area contributed by atoms with Crippen LogP contribution in [0.2, 0.25) is 0 Å². The van der Waals surface area contributed by atoms with Crippen molar-refractivity contribution < 1.29 is 14.3 Å². The third-order valence-corrected chi connectivity index (χ3v) is 3.88. The van der Waals surface area contributed by atoms with Crippen molar-refractivity contribution in [3.8, 4) is 11.5 Å². The monoisotopic (exact) mass is 303 g/mol. The van der Waals surface area contributed by atoms with Crippen molar-refractivity contribution in [1.82, 2.24) is 5.32 Å². The number of hydrogen-bond donors (Lipinski definition) is 1. The Morgan fingerprint density at radius 2 is 2.05 bits per heavy atom. The summed E-state index contributed by atoms with van der Waals surface area (Å²) in [7, 11) is 1.60. The van der Waals surface area contributed by atoms with Crippen LogP contribution in [0.4, 0.5) is 0 Å². The van der Waals surface area contributed by atoms with Gasteiger partial charge in [0.25, 0.3) is 5.91 Å². The van der Waals surface area contributed by atoms with Crippen LogP contribution in [0.1, 0.15) is 39.0 Å². The molecule has 0 saturated carbocycles. The molecule has 0 aromatic heterocycles. The van der Waals surface area contributed by atoms with E-state index < -0.39 is 6.10 Å². The maximum atomic E-state index is 12.3. The Balaban J connectivity index is 1.92. The van der Waals surface area contributed by atoms with Crippen LogP contribution >= 0.6 is 0 Å². The molecular formula is C18H25NO3. The summed E-state index contributed by atoms with van der Waals surface area (Å²) in [5.41, 5.74) is 1.33. The van der Waals surface area contributed by atoms with E-state index in [9.17, 15) is 4.79 Å². The highest BCUT2D eigenvalue weighted by molar-refractivity contribution is 5.81. The Morgan fingerprint density at radius 3 is 2.68 bits per heavy atom. The number of carbonyl (C=O) groups excluding carboxylic acids is 1. The first-order chi connectivity index (χ1) is 10.7. The Morgan fingerprint density at radius 1 is 1.27 bits per heavy atom. The van der Waals surface area contributed by atoms with Crippen molar-refractivity contribution in [3.05, 3.63) is 35.9 Å². The van der Waals surface area contributed by atoms with Gasteiger partial charge >= 0.3 is 0 Å². The van der Waals surface area contributed by atoms with Crippen molar-refractivity contribution in [2.45, 2.75) is 45.1 Å². The molecule has 1 amide bonds. The highest BCUT2D eigenvalue weighted by atomic mass is 16.5. The molecule has 0 spiro atoms. The minimum Gasteiger partial charge on any atom is -0.493 e. The molecule has 0 aliphatic heterocycles. The lowest BCUT2D eigenvalue weighted by atomic mass is 9.99. The van der Waals surface area contributed by atoms with Crippen molar-refractivity contribution in [1.29, 1.82) is 0 Å². The quantitative estimate of drug-likeness (QED) is 0.785. The largest absolute Gasteiger partial charge is 0.493 e. The number of carbonyl (C=O) groups is 1. The standard InChI is InChI=1S/C18H25NO3/c1-3-15(22-17-12-8-7-11-16(17)21-2)18(20)19-13-14-9-5-4-6-10-14/h7-9,11-12,15H,3-6,10,13H2,1-2H3,(H,19,20)/t15-/m0/s1. The van der Waals surface area contributed by atoms with Crippen molar-refractivity contribution >= 4 is 5.91 Å². The Labute approximate surface area is 132 Å². The number of para-hydroxylation sites is 2. The van der Waals surface area contributed by atoms with Crippen LogP contribution < -0.4 is 14.8 Å². The van der Waals surface area contributed by atoms with E-state index in [2.05, 4.69) is 11.4 Å². The van der Waals surface area contributed by atoms with Crippen molar-refractivity contribution in [2.24, 2.45) is 0 Å². The predicted molar refractivity (Wildman–Crippen MR) is 87.3 cm³/mol. The Kier molecular flexibility index (Phi) is 6.31. The Hall–Kier alpha value is -1.97. The third-order valence-electron chi connectivity index (χ3n) is 3.88. The number of allylic oxidation sites excluding steroid dienone is 1. The van der Waals surface area contributed by atoms with Gasteiger partial charge in [-0.2, -0.15) is 0 Å². The molecule has 4 heteroatoms. The summed E-state index contributed by atoms with van der Waals surface area (Å²) in [5, 5.41) is 2.99. The van der Waals surface area contributed by atoms with Crippen molar-refractivity contribution in [2.75, 3.05) is 13.7 Å². The van der Waals surface area contributed by atoms with Crippen LogP contribution in [0.15, 0.2) is 35.9 Å². The molecule has 1 atom stereocenters. The summed E-state index contributed by atoms with van der Waals surface area (Å²) in [5.74, 6) is 1.17. The molecule has 1 aromatic rings. The van der Waals surface area contributed by atoms with Gasteiger partial charge in [0.1, 0.15) is 0 Å². The summed E-state index contributed by atoms with van der Waals surface area (Å²) >= 11 is 0. The summed E-state index contributed by atoms with van der Waals surface area (Å²) in [6.07, 6.45) is 7.04. The first-order valence-electron chi connectivity index (χ1n) is 8.00. The summed E-state index contributed by atoms with van der Waals surface area (Å²) < 4.78 is 11.1. The van der Waals surface area contributed by atoms with Gasteiger partial charge in [-0.05, 0) is 44.2 Å². The minimum atomic E-state index is -0.500. The molecule has 22 heavy (non-hydrogen) atoms. The van der Waals surface area contributed by atoms with Crippen LogP contribution in [-0.2, 0) is 4.79 Å². The van der Waals surface area contributed by atoms with Gasteiger partial charge in [0.2, 0.25) is 0 Å². The van der Waals surface area contributed by atoms with Gasteiger partial charge < -0.3 is 14.8 Å². The van der Waals surface area contributed by atoms with Gasteiger partial charge in [-0.15, -0.1) is 0 Å². The Bertz CT molecular complexity index is 525. The molecule has 2 rings (SSSR count). The molecule has 0 fully saturated rings. The molecule has 1 N–H and O–H groups in total. The number of methoxy groups -OCH3 is 1. The fourth-order valence-corrected chi connectivity index (χ4v) is 2.57. The van der Waals surface area contributed by atoms with E-state index in [4.69, 9.17) is 9.47 Å². The van der Waals surface area contributed by atoms with E-state index in [1.54, 1.807) is 7.11 Å². The third kappa shape index (κ3) is 4.52. The van der Waals surface area contributed by atoms with Crippen LogP contribution in [0.3, 0.4) is 0 Å². The fourth-order valence-electron chi connectivity index (χ4n) is 2.57. The van der Waals surface area contributed by atoms with E-state index in [1.807, 2.05) is 31.2 Å². The zero-order valence-electron chi connectivity index (χ0n) is 13.4. The number of ether oxygens (including phenoxy) is 2. The lowest BCUT2D eigenvalue weighted by molar-refractivity contribution is -0.127. The smallest absolute Gasteiger partial charge is 0.261 e. The summed E-state index contributed by atoms with van der Waals surface area (Å²) in [4.78, 5) is 12.3. The number of amides is 1. The highest BCUT2D eigenvalue weighted by Gasteiger charge is 2.20. The van der Waals surface area contributed by atoms with E-state index in [-0.39, 0.29) is 5.91 Å². The lowest BCUT2D eigenvalue weighted by Gasteiger charge is -2.20. The number of rotatable bonds is 7. The van der Waals surface area contributed by atoms with Gasteiger partial charge in [0.05, 0.1) is 7.11 Å². The second kappa shape index (κ2) is 8.47. The molecule has 4 nitrogen and oxygen atoms in total. The zero-order valence-corrected chi connectivity index (χ0v) is 13.4. The van der Waals surface area contributed by atoms with E-state index in [1.165, 1.54) is 18.4 Å². The van der Waals surface area contributed by atoms with Gasteiger partial charge in [-0.1, -0.05) is 30.7 Å². The molecule has 0 bridgehead atoms. The zero-order chi connectivity index (χ0) is 15.8. The lowest BCUT2D eigenvalue weighted by Crippen LogP contribution is -2.39. The molecule has 1 aliphatic rings. The number of benzene rings is 1. The highest BCUT2D eigenvalue weighted by Crippen LogP contribution is 2.27. The molecule has 1 aromatic carbocycles. The predicted octanol–water partition coefficient (Wildman–Crippen LogP) is 3.47. The second-order valence-corrected chi connectivity index (χ2v) is 5.49. The molecular weight excluding hydrogens is 278 g/mol. The van der Waals surface area contributed by atoms with Gasteiger partial charge in [-0.25, -0.2) is 0 Å². The SMILES string of the molecule is CC[C@H](Oc1ccccc1OC)C(=O)NCC1=CCCCC1. The average molecular weight is 303 g/mol. The van der Waals surface area contributed by atoms with Crippen molar-refractivity contribution in [3.63, 3.8) is 0 Å². The van der Waals surface area contributed by atoms with Crippen LogP contribution in [0, 0.1) is 0 Å². The molecule has 1 aliphatic carbocycles. The molecule has 0 unspecified atom stereocenters.